The molecule has 4 amide bonds. The third kappa shape index (κ3) is 5.70. The number of aromatic carboxylic acids is 1. The van der Waals surface area contributed by atoms with Crippen LogP contribution in [0.4, 0.5) is 10.5 Å². The van der Waals surface area contributed by atoms with Crippen LogP contribution in [-0.2, 0) is 16.2 Å². The molecular weight excluding hydrogens is 603 g/mol. The molecule has 1 aliphatic heterocycles. The SMILES string of the molecule is COc1cc(/C=C2\C(=O)NC(=O)N(c3cc(C)cc(C)c3)C2=O)cc(I)c1OCc1ccc(C(=O)O)cc1. The van der Waals surface area contributed by atoms with Crippen molar-refractivity contribution in [2.45, 2.75) is 20.5 Å². The molecular formula is C28H23IN2O7. The van der Waals surface area contributed by atoms with E-state index in [0.29, 0.717) is 26.3 Å². The van der Waals surface area contributed by atoms with Crippen LogP contribution in [0.3, 0.4) is 0 Å². The molecule has 1 fully saturated rings. The van der Waals surface area contributed by atoms with Gasteiger partial charge in [0.2, 0.25) is 0 Å². The van der Waals surface area contributed by atoms with E-state index in [0.717, 1.165) is 21.6 Å². The first-order valence-electron chi connectivity index (χ1n) is 11.4. The summed E-state index contributed by atoms with van der Waals surface area (Å²) in [6.07, 6.45) is 1.40. The van der Waals surface area contributed by atoms with Gasteiger partial charge in [0, 0.05) is 0 Å². The predicted molar refractivity (Wildman–Crippen MR) is 148 cm³/mol. The minimum Gasteiger partial charge on any atom is -0.493 e. The van der Waals surface area contributed by atoms with Gasteiger partial charge in [0.25, 0.3) is 11.8 Å². The van der Waals surface area contributed by atoms with E-state index in [1.807, 2.05) is 19.9 Å². The summed E-state index contributed by atoms with van der Waals surface area (Å²) in [5.41, 5.74) is 3.35. The van der Waals surface area contributed by atoms with Crippen molar-refractivity contribution in [1.82, 2.24) is 5.32 Å². The molecule has 0 radical (unpaired) electrons. The number of aryl methyl sites for hydroxylation is 2. The molecule has 4 rings (SSSR count). The van der Waals surface area contributed by atoms with Crippen LogP contribution in [0.1, 0.15) is 32.6 Å². The molecule has 1 heterocycles. The normalized spacial score (nSPS) is 14.5. The van der Waals surface area contributed by atoms with Crippen LogP contribution < -0.4 is 19.7 Å². The Morgan fingerprint density at radius 2 is 1.68 bits per heavy atom. The van der Waals surface area contributed by atoms with E-state index < -0.39 is 23.8 Å². The van der Waals surface area contributed by atoms with Crippen molar-refractivity contribution in [3.8, 4) is 11.5 Å². The molecule has 0 spiro atoms. The van der Waals surface area contributed by atoms with E-state index in [9.17, 15) is 19.2 Å². The number of anilines is 1. The second-order valence-electron chi connectivity index (χ2n) is 8.63. The van der Waals surface area contributed by atoms with Crippen molar-refractivity contribution >= 4 is 58.2 Å². The summed E-state index contributed by atoms with van der Waals surface area (Å²) in [5, 5.41) is 11.3. The lowest BCUT2D eigenvalue weighted by molar-refractivity contribution is -0.122. The lowest BCUT2D eigenvalue weighted by Gasteiger charge is -2.27. The topological polar surface area (TPSA) is 122 Å². The van der Waals surface area contributed by atoms with E-state index in [1.165, 1.54) is 25.3 Å². The van der Waals surface area contributed by atoms with E-state index >= 15 is 0 Å². The zero-order valence-corrected chi connectivity index (χ0v) is 22.9. The number of benzene rings is 3. The maximum atomic E-state index is 13.3. The van der Waals surface area contributed by atoms with Crippen LogP contribution in [0.25, 0.3) is 6.08 Å². The first-order valence-corrected chi connectivity index (χ1v) is 12.5. The van der Waals surface area contributed by atoms with Crippen LogP contribution in [0.2, 0.25) is 0 Å². The lowest BCUT2D eigenvalue weighted by atomic mass is 10.0. The van der Waals surface area contributed by atoms with Gasteiger partial charge < -0.3 is 14.6 Å². The number of nitrogens with zero attached hydrogens (tertiary/aromatic N) is 1. The number of barbiturate groups is 1. The maximum absolute atomic E-state index is 13.3. The quantitative estimate of drug-likeness (QED) is 0.218. The second kappa shape index (κ2) is 11.1. The molecule has 0 bridgehead atoms. The zero-order valence-electron chi connectivity index (χ0n) is 20.7. The van der Waals surface area contributed by atoms with Crippen molar-refractivity contribution in [2.75, 3.05) is 12.0 Å². The van der Waals surface area contributed by atoms with Gasteiger partial charge in [-0.05, 0) is 101 Å². The highest BCUT2D eigenvalue weighted by atomic mass is 127. The molecule has 0 unspecified atom stereocenters. The number of imide groups is 2. The summed E-state index contributed by atoms with van der Waals surface area (Å²) in [5.74, 6) is -1.71. The van der Waals surface area contributed by atoms with Crippen molar-refractivity contribution in [3.63, 3.8) is 0 Å². The Bertz CT molecular complexity index is 1480. The molecule has 9 nitrogen and oxygen atoms in total. The van der Waals surface area contributed by atoms with E-state index in [2.05, 4.69) is 27.9 Å². The lowest BCUT2D eigenvalue weighted by Crippen LogP contribution is -2.54. The highest BCUT2D eigenvalue weighted by molar-refractivity contribution is 14.1. The molecule has 10 heteroatoms. The van der Waals surface area contributed by atoms with Crippen molar-refractivity contribution in [2.24, 2.45) is 0 Å². The van der Waals surface area contributed by atoms with Crippen LogP contribution >= 0.6 is 22.6 Å². The number of nitrogens with one attached hydrogen (secondary N) is 1. The number of carbonyl (C=O) groups is 4. The van der Waals surface area contributed by atoms with E-state index in [4.69, 9.17) is 14.6 Å². The summed E-state index contributed by atoms with van der Waals surface area (Å²) in [6, 6.07) is 14.2. The molecule has 0 atom stereocenters. The summed E-state index contributed by atoms with van der Waals surface area (Å²) < 4.78 is 12.1. The highest BCUT2D eigenvalue weighted by Crippen LogP contribution is 2.35. The Morgan fingerprint density at radius 1 is 1.03 bits per heavy atom. The minimum atomic E-state index is -1.01. The number of hydrogen-bond donors (Lipinski definition) is 2. The van der Waals surface area contributed by atoms with Gasteiger partial charge in [0.05, 0.1) is 21.9 Å². The van der Waals surface area contributed by atoms with Crippen LogP contribution in [-0.4, -0.2) is 36.0 Å². The third-order valence-electron chi connectivity index (χ3n) is 5.71. The Kier molecular flexibility index (Phi) is 7.81. The smallest absolute Gasteiger partial charge is 0.335 e. The monoisotopic (exact) mass is 626 g/mol. The number of carboxylic acid groups (broad SMARTS) is 1. The van der Waals surface area contributed by atoms with Crippen molar-refractivity contribution in [3.05, 3.63) is 91.6 Å². The van der Waals surface area contributed by atoms with Gasteiger partial charge in [0.1, 0.15) is 12.2 Å². The maximum Gasteiger partial charge on any atom is 0.335 e. The van der Waals surface area contributed by atoms with Crippen LogP contribution in [0.15, 0.2) is 60.2 Å². The summed E-state index contributed by atoms with van der Waals surface area (Å²) in [6.45, 7) is 3.88. The Morgan fingerprint density at radius 3 is 2.29 bits per heavy atom. The summed E-state index contributed by atoms with van der Waals surface area (Å²) >= 11 is 2.06. The number of carboxylic acids is 1. The molecule has 2 N–H and O–H groups in total. The fourth-order valence-electron chi connectivity index (χ4n) is 4.00. The fraction of sp³-hybridized carbons (Fsp3) is 0.143. The number of methoxy groups -OCH3 is 1. The van der Waals surface area contributed by atoms with Gasteiger partial charge in [-0.25, -0.2) is 14.5 Å². The number of ether oxygens (including phenoxy) is 2. The van der Waals surface area contributed by atoms with Gasteiger partial charge in [0.15, 0.2) is 11.5 Å². The predicted octanol–water partition coefficient (Wildman–Crippen LogP) is 4.86. The molecule has 1 saturated heterocycles. The molecule has 0 saturated carbocycles. The molecule has 3 aromatic carbocycles. The van der Waals surface area contributed by atoms with Gasteiger partial charge in [-0.3, -0.25) is 14.9 Å². The van der Waals surface area contributed by atoms with Crippen molar-refractivity contribution in [1.29, 1.82) is 0 Å². The standard InChI is InChI=1S/C28H23IN2O7/c1-15-8-16(2)10-20(9-15)31-26(33)21(25(32)30-28(31)36)11-18-12-22(29)24(23(13-18)37-3)38-14-17-4-6-19(7-5-17)27(34)35/h4-13H,14H2,1-3H3,(H,34,35)(H,30,32,36)/b21-11+. The number of hydrogen-bond acceptors (Lipinski definition) is 6. The molecule has 194 valence electrons. The number of urea groups is 1. The molecule has 38 heavy (non-hydrogen) atoms. The van der Waals surface area contributed by atoms with E-state index in [-0.39, 0.29) is 17.7 Å². The van der Waals surface area contributed by atoms with E-state index in [1.54, 1.807) is 36.4 Å². The number of rotatable bonds is 7. The number of halogens is 1. The van der Waals surface area contributed by atoms with Crippen LogP contribution in [0, 0.1) is 17.4 Å². The highest BCUT2D eigenvalue weighted by Gasteiger charge is 2.37. The molecule has 0 aliphatic carbocycles. The molecule has 1 aliphatic rings. The summed E-state index contributed by atoms with van der Waals surface area (Å²) in [4.78, 5) is 50.5. The largest absolute Gasteiger partial charge is 0.493 e. The van der Waals surface area contributed by atoms with Crippen LogP contribution in [0.5, 0.6) is 11.5 Å². The van der Waals surface area contributed by atoms with Crippen molar-refractivity contribution < 1.29 is 33.8 Å². The minimum absolute atomic E-state index is 0.167. The second-order valence-corrected chi connectivity index (χ2v) is 9.79. The zero-order chi connectivity index (χ0) is 27.6. The van der Waals surface area contributed by atoms with Gasteiger partial charge in [-0.2, -0.15) is 0 Å². The fourth-order valence-corrected chi connectivity index (χ4v) is 4.78. The summed E-state index contributed by atoms with van der Waals surface area (Å²) in [7, 11) is 1.47. The first-order chi connectivity index (χ1) is 18.1. The Balaban J connectivity index is 1.62. The number of amides is 4. The average Bonchev–Trinajstić information content (AvgIpc) is 2.85. The molecule has 0 aromatic heterocycles. The Hall–Kier alpha value is -4.19. The average molecular weight is 626 g/mol. The molecule has 3 aromatic rings. The first kappa shape index (κ1) is 26.9. The van der Waals surface area contributed by atoms with Gasteiger partial charge >= 0.3 is 12.0 Å². The van der Waals surface area contributed by atoms with Gasteiger partial charge in [-0.15, -0.1) is 0 Å². The third-order valence-corrected chi connectivity index (χ3v) is 6.51. The van der Waals surface area contributed by atoms with Gasteiger partial charge in [-0.1, -0.05) is 18.2 Å². The Labute approximate surface area is 232 Å². The number of carbonyl (C=O) groups excluding carboxylic acids is 3.